The molecule has 1 aromatic heterocycles. The number of alkyl halides is 3. The first-order chi connectivity index (χ1) is 12.6. The van der Waals surface area contributed by atoms with Crippen LogP contribution in [0.3, 0.4) is 0 Å². The van der Waals surface area contributed by atoms with Gasteiger partial charge < -0.3 is 0 Å². The van der Waals surface area contributed by atoms with Crippen LogP contribution in [0.2, 0.25) is 5.02 Å². The molecule has 2 aromatic carbocycles. The van der Waals surface area contributed by atoms with Crippen LogP contribution in [0.15, 0.2) is 59.8 Å². The number of anilines is 1. The van der Waals surface area contributed by atoms with E-state index in [2.05, 4.69) is 5.10 Å². The zero-order valence-electron chi connectivity index (χ0n) is 13.2. The molecule has 0 atom stereocenters. The van der Waals surface area contributed by atoms with Gasteiger partial charge >= 0.3 is 6.18 Å². The van der Waals surface area contributed by atoms with Gasteiger partial charge in [-0.15, -0.1) is 0 Å². The Morgan fingerprint density at radius 1 is 1.11 bits per heavy atom. The first kappa shape index (κ1) is 19.2. The summed E-state index contributed by atoms with van der Waals surface area (Å²) in [5.41, 5.74) is -1.46. The van der Waals surface area contributed by atoms with Gasteiger partial charge in [0.25, 0.3) is 10.0 Å². The van der Waals surface area contributed by atoms with Crippen LogP contribution in [0.4, 0.5) is 23.2 Å². The Morgan fingerprint density at radius 2 is 1.85 bits per heavy atom. The average Bonchev–Trinajstić information content (AvgIpc) is 3.07. The Kier molecular flexibility index (Phi) is 4.87. The first-order valence-corrected chi connectivity index (χ1v) is 9.13. The predicted octanol–water partition coefficient (Wildman–Crippen LogP) is 4.48. The van der Waals surface area contributed by atoms with E-state index < -0.39 is 38.2 Å². The zero-order valence-corrected chi connectivity index (χ0v) is 14.8. The van der Waals surface area contributed by atoms with Crippen molar-refractivity contribution >= 4 is 27.3 Å². The SMILES string of the molecule is O=S(=O)(Nc1cc(C(F)(F)F)ccc1-n1cccn1)c1ccc(Cl)cc1F. The fourth-order valence-corrected chi connectivity index (χ4v) is 3.58. The number of hydrogen-bond acceptors (Lipinski definition) is 3. The Morgan fingerprint density at radius 3 is 2.44 bits per heavy atom. The smallest absolute Gasteiger partial charge is 0.277 e. The monoisotopic (exact) mass is 419 g/mol. The summed E-state index contributed by atoms with van der Waals surface area (Å²) in [6, 6.07) is 6.83. The van der Waals surface area contributed by atoms with E-state index in [1.165, 1.54) is 23.1 Å². The lowest BCUT2D eigenvalue weighted by atomic mass is 10.1. The largest absolute Gasteiger partial charge is 0.416 e. The highest BCUT2D eigenvalue weighted by Crippen LogP contribution is 2.34. The van der Waals surface area contributed by atoms with Gasteiger partial charge in [-0.2, -0.15) is 18.3 Å². The lowest BCUT2D eigenvalue weighted by Crippen LogP contribution is -2.17. The van der Waals surface area contributed by atoms with E-state index in [4.69, 9.17) is 11.6 Å². The number of aromatic nitrogens is 2. The molecule has 0 unspecified atom stereocenters. The van der Waals surface area contributed by atoms with E-state index in [0.29, 0.717) is 6.07 Å². The van der Waals surface area contributed by atoms with Crippen molar-refractivity contribution in [3.05, 3.63) is 71.3 Å². The van der Waals surface area contributed by atoms with Crippen LogP contribution in [-0.4, -0.2) is 18.2 Å². The van der Waals surface area contributed by atoms with E-state index in [9.17, 15) is 26.0 Å². The van der Waals surface area contributed by atoms with Gasteiger partial charge in [0.05, 0.1) is 16.9 Å². The van der Waals surface area contributed by atoms with Crippen molar-refractivity contribution in [2.75, 3.05) is 4.72 Å². The molecule has 0 aliphatic rings. The summed E-state index contributed by atoms with van der Waals surface area (Å²) in [6.07, 6.45) is -1.91. The Bertz CT molecular complexity index is 1080. The molecule has 0 spiro atoms. The predicted molar refractivity (Wildman–Crippen MR) is 90.8 cm³/mol. The second-order valence-corrected chi connectivity index (χ2v) is 7.45. The highest BCUT2D eigenvalue weighted by Gasteiger charge is 2.32. The fraction of sp³-hybridized carbons (Fsp3) is 0.0625. The van der Waals surface area contributed by atoms with E-state index in [1.54, 1.807) is 0 Å². The number of rotatable bonds is 4. The lowest BCUT2D eigenvalue weighted by Gasteiger charge is -2.16. The van der Waals surface area contributed by atoms with Crippen LogP contribution in [0.1, 0.15) is 5.56 Å². The maximum absolute atomic E-state index is 14.0. The van der Waals surface area contributed by atoms with Crippen molar-refractivity contribution in [3.8, 4) is 5.69 Å². The third-order valence-corrected chi connectivity index (χ3v) is 5.14. The van der Waals surface area contributed by atoms with Gasteiger partial charge in [0.15, 0.2) is 0 Å². The van der Waals surface area contributed by atoms with Crippen molar-refractivity contribution in [3.63, 3.8) is 0 Å². The minimum Gasteiger partial charge on any atom is -0.277 e. The van der Waals surface area contributed by atoms with Crippen molar-refractivity contribution in [2.45, 2.75) is 11.1 Å². The van der Waals surface area contributed by atoms with Crippen LogP contribution in [0, 0.1) is 5.82 Å². The molecule has 11 heteroatoms. The third kappa shape index (κ3) is 4.06. The molecule has 0 fully saturated rings. The van der Waals surface area contributed by atoms with Gasteiger partial charge in [-0.1, -0.05) is 11.6 Å². The van der Waals surface area contributed by atoms with E-state index in [1.807, 2.05) is 4.72 Å². The Hall–Kier alpha value is -2.59. The maximum Gasteiger partial charge on any atom is 0.416 e. The fourth-order valence-electron chi connectivity index (χ4n) is 2.30. The molecule has 5 nitrogen and oxygen atoms in total. The highest BCUT2D eigenvalue weighted by atomic mass is 35.5. The Balaban J connectivity index is 2.11. The van der Waals surface area contributed by atoms with Crippen LogP contribution in [0.5, 0.6) is 0 Å². The quantitative estimate of drug-likeness (QED) is 0.634. The summed E-state index contributed by atoms with van der Waals surface area (Å²) in [5.74, 6) is -1.14. The minimum absolute atomic E-state index is 0.0252. The number of sulfonamides is 1. The molecule has 3 aromatic rings. The van der Waals surface area contributed by atoms with Crippen molar-refractivity contribution in [1.29, 1.82) is 0 Å². The van der Waals surface area contributed by atoms with E-state index >= 15 is 0 Å². The summed E-state index contributed by atoms with van der Waals surface area (Å²) in [6.45, 7) is 0. The average molecular weight is 420 g/mol. The zero-order chi connectivity index (χ0) is 19.8. The molecule has 0 saturated carbocycles. The molecular weight excluding hydrogens is 410 g/mol. The Labute approximate surface area is 156 Å². The number of nitrogens with one attached hydrogen (secondary N) is 1. The van der Waals surface area contributed by atoms with Crippen molar-refractivity contribution in [1.82, 2.24) is 9.78 Å². The topological polar surface area (TPSA) is 64.0 Å². The third-order valence-electron chi connectivity index (χ3n) is 3.50. The van der Waals surface area contributed by atoms with Gasteiger partial charge in [0, 0.05) is 17.4 Å². The normalized spacial score (nSPS) is 12.2. The molecular formula is C16H10ClF4N3O2S. The number of halogens is 5. The van der Waals surface area contributed by atoms with Crippen LogP contribution < -0.4 is 4.72 Å². The first-order valence-electron chi connectivity index (χ1n) is 7.27. The maximum atomic E-state index is 14.0. The summed E-state index contributed by atoms with van der Waals surface area (Å²) >= 11 is 5.60. The molecule has 142 valence electrons. The van der Waals surface area contributed by atoms with Gasteiger partial charge in [-0.25, -0.2) is 17.5 Å². The molecule has 27 heavy (non-hydrogen) atoms. The van der Waals surface area contributed by atoms with Crippen LogP contribution in [0.25, 0.3) is 5.69 Å². The van der Waals surface area contributed by atoms with Crippen LogP contribution in [-0.2, 0) is 16.2 Å². The van der Waals surface area contributed by atoms with E-state index in [0.717, 1.165) is 30.3 Å². The summed E-state index contributed by atoms with van der Waals surface area (Å²) in [4.78, 5) is -0.754. The second-order valence-electron chi connectivity index (χ2n) is 5.36. The molecule has 1 N–H and O–H groups in total. The molecule has 1 heterocycles. The van der Waals surface area contributed by atoms with Crippen molar-refractivity contribution < 1.29 is 26.0 Å². The molecule has 0 saturated heterocycles. The second kappa shape index (κ2) is 6.86. The summed E-state index contributed by atoms with van der Waals surface area (Å²) in [5, 5.41) is 3.85. The highest BCUT2D eigenvalue weighted by molar-refractivity contribution is 7.92. The number of benzene rings is 2. The summed E-state index contributed by atoms with van der Waals surface area (Å²) in [7, 11) is -4.53. The van der Waals surface area contributed by atoms with Gasteiger partial charge in [0.1, 0.15) is 10.7 Å². The minimum atomic E-state index is -4.70. The van der Waals surface area contributed by atoms with Gasteiger partial charge in [-0.3, -0.25) is 4.72 Å². The molecule has 0 aliphatic carbocycles. The summed E-state index contributed by atoms with van der Waals surface area (Å²) < 4.78 is 81.3. The molecule has 0 amide bonds. The number of hydrogen-bond donors (Lipinski definition) is 1. The van der Waals surface area contributed by atoms with Gasteiger partial charge in [0.2, 0.25) is 0 Å². The molecule has 0 radical (unpaired) electrons. The lowest BCUT2D eigenvalue weighted by molar-refractivity contribution is -0.137. The van der Waals surface area contributed by atoms with E-state index in [-0.39, 0.29) is 10.7 Å². The number of nitrogens with zero attached hydrogens (tertiary/aromatic N) is 2. The van der Waals surface area contributed by atoms with Crippen LogP contribution >= 0.6 is 11.6 Å². The molecule has 0 bridgehead atoms. The van der Waals surface area contributed by atoms with Gasteiger partial charge in [-0.05, 0) is 42.5 Å². The van der Waals surface area contributed by atoms with Crippen molar-refractivity contribution in [2.24, 2.45) is 0 Å². The standard InChI is InChI=1S/C16H10ClF4N3O2S/c17-11-3-5-15(12(18)9-11)27(25,26)23-13-8-10(16(19,20)21)2-4-14(13)24-7-1-6-22-24/h1-9,23H. The molecule has 3 rings (SSSR count). The molecule has 0 aliphatic heterocycles.